The van der Waals surface area contributed by atoms with Crippen molar-refractivity contribution < 1.29 is 18.3 Å². The van der Waals surface area contributed by atoms with E-state index in [0.717, 1.165) is 3.97 Å². The van der Waals surface area contributed by atoms with Gasteiger partial charge in [0.15, 0.2) is 6.29 Å². The fraction of sp³-hybridized carbons (Fsp3) is 0.0455. The zero-order valence-electron chi connectivity index (χ0n) is 14.8. The molecule has 0 aliphatic rings. The van der Waals surface area contributed by atoms with Crippen LogP contribution in [0.1, 0.15) is 27.7 Å². The molecule has 140 valence electrons. The van der Waals surface area contributed by atoms with Crippen LogP contribution in [0.4, 0.5) is 0 Å². The van der Waals surface area contributed by atoms with Crippen molar-refractivity contribution in [3.8, 4) is 0 Å². The molecule has 6 heteroatoms. The van der Waals surface area contributed by atoms with Gasteiger partial charge in [-0.15, -0.1) is 0 Å². The quantitative estimate of drug-likeness (QED) is 0.526. The van der Waals surface area contributed by atoms with Gasteiger partial charge < -0.3 is 5.11 Å². The summed E-state index contributed by atoms with van der Waals surface area (Å²) >= 11 is 0. The third-order valence-corrected chi connectivity index (χ3v) is 6.42. The molecule has 0 spiro atoms. The molecule has 28 heavy (non-hydrogen) atoms. The number of hydrogen-bond donors (Lipinski definition) is 1. The Morgan fingerprint density at radius 1 is 0.821 bits per heavy atom. The zero-order chi connectivity index (χ0) is 19.7. The van der Waals surface area contributed by atoms with Crippen LogP contribution in [0.3, 0.4) is 0 Å². The van der Waals surface area contributed by atoms with E-state index in [-0.39, 0.29) is 16.2 Å². The highest BCUT2D eigenvalue weighted by atomic mass is 32.2. The Morgan fingerprint density at radius 2 is 1.39 bits per heavy atom. The minimum Gasteiger partial charge on any atom is -0.382 e. The molecular formula is C22H17NO4S. The predicted molar refractivity (Wildman–Crippen MR) is 107 cm³/mol. The van der Waals surface area contributed by atoms with E-state index in [1.165, 1.54) is 12.1 Å². The van der Waals surface area contributed by atoms with Crippen LogP contribution < -0.4 is 0 Å². The molecule has 1 atom stereocenters. The summed E-state index contributed by atoms with van der Waals surface area (Å²) in [5.74, 6) is 0. The number of rotatable bonds is 5. The Kier molecular flexibility index (Phi) is 4.58. The van der Waals surface area contributed by atoms with E-state index in [9.17, 15) is 18.3 Å². The summed E-state index contributed by atoms with van der Waals surface area (Å²) in [7, 11) is -4.04. The number of hydrogen-bond acceptors (Lipinski definition) is 4. The van der Waals surface area contributed by atoms with Crippen LogP contribution in [0, 0.1) is 0 Å². The van der Waals surface area contributed by atoms with Gasteiger partial charge in [-0.3, -0.25) is 4.79 Å². The SMILES string of the molecule is O=Cc1c(C(O)c2ccccc2)n(S(=O)(=O)c2ccccc2)c2ccccc12. The summed E-state index contributed by atoms with van der Waals surface area (Å²) in [6, 6.07) is 23.4. The normalized spacial score (nSPS) is 12.8. The molecular weight excluding hydrogens is 374 g/mol. The Morgan fingerprint density at radius 3 is 2.04 bits per heavy atom. The molecule has 1 heterocycles. The maximum absolute atomic E-state index is 13.5. The van der Waals surface area contributed by atoms with Crippen molar-refractivity contribution in [2.24, 2.45) is 0 Å². The van der Waals surface area contributed by atoms with Crippen LogP contribution in [0.15, 0.2) is 89.8 Å². The van der Waals surface area contributed by atoms with Crippen LogP contribution in [0.25, 0.3) is 10.9 Å². The van der Waals surface area contributed by atoms with Crippen LogP contribution >= 0.6 is 0 Å². The average molecular weight is 391 g/mol. The molecule has 0 aliphatic carbocycles. The van der Waals surface area contributed by atoms with Crippen LogP contribution in [0.5, 0.6) is 0 Å². The van der Waals surface area contributed by atoms with E-state index in [4.69, 9.17) is 0 Å². The number of carbonyl (C=O) groups excluding carboxylic acids is 1. The monoisotopic (exact) mass is 391 g/mol. The van der Waals surface area contributed by atoms with Gasteiger partial charge in [0.2, 0.25) is 0 Å². The molecule has 0 aliphatic heterocycles. The Hall–Kier alpha value is -3.22. The van der Waals surface area contributed by atoms with Gasteiger partial charge in [0, 0.05) is 10.9 Å². The summed E-state index contributed by atoms with van der Waals surface area (Å²) in [6.07, 6.45) is -0.687. The lowest BCUT2D eigenvalue weighted by Gasteiger charge is -2.17. The van der Waals surface area contributed by atoms with E-state index >= 15 is 0 Å². The predicted octanol–water partition coefficient (Wildman–Crippen LogP) is 3.77. The highest BCUT2D eigenvalue weighted by Gasteiger charge is 2.30. The van der Waals surface area contributed by atoms with Crippen molar-refractivity contribution in [2.75, 3.05) is 0 Å². The van der Waals surface area contributed by atoms with Crippen molar-refractivity contribution in [1.29, 1.82) is 0 Å². The lowest BCUT2D eigenvalue weighted by Crippen LogP contribution is -2.19. The first-order chi connectivity index (χ1) is 13.6. The lowest BCUT2D eigenvalue weighted by atomic mass is 10.0. The van der Waals surface area contributed by atoms with Gasteiger partial charge >= 0.3 is 0 Å². The number of aldehydes is 1. The van der Waals surface area contributed by atoms with Crippen molar-refractivity contribution in [3.05, 3.63) is 102 Å². The van der Waals surface area contributed by atoms with Gasteiger partial charge in [0.05, 0.1) is 16.1 Å². The van der Waals surface area contributed by atoms with Crippen molar-refractivity contribution in [3.63, 3.8) is 0 Å². The highest BCUT2D eigenvalue weighted by molar-refractivity contribution is 7.90. The molecule has 4 aromatic rings. The van der Waals surface area contributed by atoms with Gasteiger partial charge in [0.25, 0.3) is 10.0 Å². The van der Waals surface area contributed by atoms with Crippen LogP contribution in [-0.2, 0) is 10.0 Å². The number of aliphatic hydroxyl groups excluding tert-OH is 1. The molecule has 0 radical (unpaired) electrons. The van der Waals surface area contributed by atoms with Crippen molar-refractivity contribution in [2.45, 2.75) is 11.0 Å². The van der Waals surface area contributed by atoms with E-state index in [1.807, 2.05) is 0 Å². The Labute approximate surface area is 162 Å². The number of aromatic nitrogens is 1. The first-order valence-electron chi connectivity index (χ1n) is 8.68. The third-order valence-electron chi connectivity index (χ3n) is 4.68. The second-order valence-electron chi connectivity index (χ2n) is 6.33. The summed E-state index contributed by atoms with van der Waals surface area (Å²) in [5.41, 5.74) is 1.04. The molecule has 4 rings (SSSR count). The van der Waals surface area contributed by atoms with E-state index in [0.29, 0.717) is 22.8 Å². The molecule has 1 N–H and O–H groups in total. The molecule has 0 saturated heterocycles. The number of aliphatic hydroxyl groups is 1. The van der Waals surface area contributed by atoms with Crippen LogP contribution in [0.2, 0.25) is 0 Å². The molecule has 0 amide bonds. The maximum Gasteiger partial charge on any atom is 0.268 e. The summed E-state index contributed by atoms with van der Waals surface area (Å²) in [5, 5.41) is 11.5. The third kappa shape index (κ3) is 2.83. The van der Waals surface area contributed by atoms with E-state index in [1.54, 1.807) is 72.8 Å². The number of carbonyl (C=O) groups is 1. The van der Waals surface area contributed by atoms with E-state index in [2.05, 4.69) is 0 Å². The Balaban J connectivity index is 2.10. The fourth-order valence-corrected chi connectivity index (χ4v) is 4.98. The van der Waals surface area contributed by atoms with Gasteiger partial charge in [-0.05, 0) is 23.8 Å². The molecule has 5 nitrogen and oxygen atoms in total. The second-order valence-corrected chi connectivity index (χ2v) is 8.12. The second kappa shape index (κ2) is 7.07. The standard InChI is InChI=1S/C22H17NO4S/c24-15-19-18-13-7-8-14-20(18)23(28(26,27)17-11-5-2-6-12-17)21(19)22(25)16-9-3-1-4-10-16/h1-15,22,25H. The Bertz CT molecular complexity index is 1250. The summed E-state index contributed by atoms with van der Waals surface area (Å²) < 4.78 is 28.0. The molecule has 1 unspecified atom stereocenters. The maximum atomic E-state index is 13.5. The number of fused-ring (bicyclic) bond motifs is 1. The van der Waals surface area contributed by atoms with Gasteiger partial charge in [-0.1, -0.05) is 66.7 Å². The summed E-state index contributed by atoms with van der Waals surface area (Å²) in [4.78, 5) is 12.0. The fourth-order valence-electron chi connectivity index (χ4n) is 3.39. The number of nitrogens with zero attached hydrogens (tertiary/aromatic N) is 1. The van der Waals surface area contributed by atoms with Gasteiger partial charge in [0.1, 0.15) is 6.10 Å². The molecule has 1 aromatic heterocycles. The molecule has 0 saturated carbocycles. The van der Waals surface area contributed by atoms with Crippen molar-refractivity contribution in [1.82, 2.24) is 3.97 Å². The van der Waals surface area contributed by atoms with E-state index < -0.39 is 16.1 Å². The molecule has 3 aromatic carbocycles. The lowest BCUT2D eigenvalue weighted by molar-refractivity contribution is 0.111. The number of benzene rings is 3. The minimum absolute atomic E-state index is 0.0336. The largest absolute Gasteiger partial charge is 0.382 e. The van der Waals surface area contributed by atoms with Gasteiger partial charge in [-0.25, -0.2) is 12.4 Å². The zero-order valence-corrected chi connectivity index (χ0v) is 15.6. The smallest absolute Gasteiger partial charge is 0.268 e. The van der Waals surface area contributed by atoms with Crippen LogP contribution in [-0.4, -0.2) is 23.8 Å². The average Bonchev–Trinajstić information content (AvgIpc) is 3.09. The highest BCUT2D eigenvalue weighted by Crippen LogP contribution is 2.35. The van der Waals surface area contributed by atoms with Crippen molar-refractivity contribution >= 4 is 27.2 Å². The first kappa shape index (κ1) is 18.2. The summed E-state index contributed by atoms with van der Waals surface area (Å²) in [6.45, 7) is 0. The molecule has 0 fully saturated rings. The number of para-hydroxylation sites is 1. The molecule has 0 bridgehead atoms. The first-order valence-corrected chi connectivity index (χ1v) is 10.1. The van der Waals surface area contributed by atoms with Gasteiger partial charge in [-0.2, -0.15) is 0 Å². The minimum atomic E-state index is -4.04. The topological polar surface area (TPSA) is 76.4 Å².